The lowest BCUT2D eigenvalue weighted by Gasteiger charge is -2.31. The highest BCUT2D eigenvalue weighted by molar-refractivity contribution is 14.1. The Morgan fingerprint density at radius 1 is 1.69 bits per heavy atom. The van der Waals surface area contributed by atoms with Crippen LogP contribution in [0.5, 0.6) is 5.88 Å². The van der Waals surface area contributed by atoms with Gasteiger partial charge in [0.15, 0.2) is 0 Å². The number of thioether (sulfide) groups is 1. The molecular weight excluding hydrogens is 341 g/mol. The summed E-state index contributed by atoms with van der Waals surface area (Å²) in [5.41, 5.74) is -0.271. The molecule has 1 aromatic rings. The van der Waals surface area contributed by atoms with E-state index < -0.39 is 0 Å². The summed E-state index contributed by atoms with van der Waals surface area (Å²) in [5, 5.41) is 9.53. The third-order valence-corrected chi connectivity index (χ3v) is 4.57. The number of nitrogens with zero attached hydrogens (tertiary/aromatic N) is 2. The van der Waals surface area contributed by atoms with Gasteiger partial charge in [-0.3, -0.25) is 9.69 Å². The van der Waals surface area contributed by atoms with Gasteiger partial charge in [-0.15, -0.1) is 0 Å². The van der Waals surface area contributed by atoms with Crippen molar-refractivity contribution in [2.45, 2.75) is 6.04 Å². The van der Waals surface area contributed by atoms with Gasteiger partial charge in [0.05, 0.1) is 6.04 Å². The lowest BCUT2D eigenvalue weighted by atomic mass is 10.2. The van der Waals surface area contributed by atoms with E-state index in [1.165, 1.54) is 0 Å². The molecule has 2 rings (SSSR count). The van der Waals surface area contributed by atoms with Crippen molar-refractivity contribution in [2.75, 3.05) is 25.1 Å². The molecule has 0 bridgehead atoms. The Bertz CT molecular complexity index is 451. The van der Waals surface area contributed by atoms with Crippen molar-refractivity contribution in [3.8, 4) is 5.88 Å². The zero-order valence-electron chi connectivity index (χ0n) is 8.73. The third kappa shape index (κ3) is 2.35. The SMILES string of the molecule is CN1CCSCC1c1nc(O)c(I)c(=O)[nH]1. The number of nitrogens with one attached hydrogen (secondary N) is 1. The van der Waals surface area contributed by atoms with Crippen LogP contribution < -0.4 is 5.56 Å². The van der Waals surface area contributed by atoms with Gasteiger partial charge in [-0.05, 0) is 29.6 Å². The van der Waals surface area contributed by atoms with Gasteiger partial charge in [0.25, 0.3) is 5.56 Å². The zero-order valence-corrected chi connectivity index (χ0v) is 11.7. The second-order valence-corrected chi connectivity index (χ2v) is 5.89. The van der Waals surface area contributed by atoms with E-state index in [-0.39, 0.29) is 21.1 Å². The molecule has 1 unspecified atom stereocenters. The monoisotopic (exact) mass is 353 g/mol. The van der Waals surface area contributed by atoms with Crippen molar-refractivity contribution >= 4 is 34.4 Å². The van der Waals surface area contributed by atoms with Crippen LogP contribution in [0, 0.1) is 3.57 Å². The number of aromatic nitrogens is 2. The van der Waals surface area contributed by atoms with Crippen LogP contribution in [0.2, 0.25) is 0 Å². The molecule has 1 aromatic heterocycles. The van der Waals surface area contributed by atoms with Crippen molar-refractivity contribution in [2.24, 2.45) is 0 Å². The first-order valence-corrected chi connectivity index (χ1v) is 7.09. The van der Waals surface area contributed by atoms with Crippen LogP contribution >= 0.6 is 34.4 Å². The molecule has 0 amide bonds. The maximum absolute atomic E-state index is 11.5. The summed E-state index contributed by atoms with van der Waals surface area (Å²) in [6, 6.07) is 0.0781. The maximum Gasteiger partial charge on any atom is 0.268 e. The normalized spacial score (nSPS) is 22.2. The van der Waals surface area contributed by atoms with Gasteiger partial charge in [0.2, 0.25) is 5.88 Å². The van der Waals surface area contributed by atoms with Gasteiger partial charge in [-0.2, -0.15) is 16.7 Å². The molecule has 0 spiro atoms. The molecule has 1 atom stereocenters. The smallest absolute Gasteiger partial charge is 0.268 e. The molecular formula is C9H12IN3O2S. The summed E-state index contributed by atoms with van der Waals surface area (Å²) in [6.07, 6.45) is 0. The molecule has 0 saturated carbocycles. The van der Waals surface area contributed by atoms with Crippen LogP contribution in [0.3, 0.4) is 0 Å². The Balaban J connectivity index is 2.36. The Hall–Kier alpha value is -0.280. The molecule has 0 aromatic carbocycles. The number of hydrogen-bond donors (Lipinski definition) is 2. The van der Waals surface area contributed by atoms with E-state index in [9.17, 15) is 9.90 Å². The fraction of sp³-hybridized carbons (Fsp3) is 0.556. The van der Waals surface area contributed by atoms with Crippen LogP contribution in [-0.4, -0.2) is 45.1 Å². The topological polar surface area (TPSA) is 69.2 Å². The minimum absolute atomic E-state index is 0.0781. The van der Waals surface area contributed by atoms with Crippen LogP contribution in [0.1, 0.15) is 11.9 Å². The van der Waals surface area contributed by atoms with E-state index in [0.717, 1.165) is 18.1 Å². The molecule has 2 heterocycles. The zero-order chi connectivity index (χ0) is 11.7. The third-order valence-electron chi connectivity index (χ3n) is 2.58. The Kier molecular flexibility index (Phi) is 3.75. The molecule has 7 heteroatoms. The number of aromatic hydroxyl groups is 1. The molecule has 1 fully saturated rings. The Morgan fingerprint density at radius 3 is 3.06 bits per heavy atom. The number of rotatable bonds is 1. The average Bonchev–Trinajstić information content (AvgIpc) is 2.26. The predicted octanol–water partition coefficient (Wildman–Crippen LogP) is 0.800. The first kappa shape index (κ1) is 12.2. The lowest BCUT2D eigenvalue weighted by Crippen LogP contribution is -2.35. The van der Waals surface area contributed by atoms with Crippen molar-refractivity contribution in [1.82, 2.24) is 14.9 Å². The number of hydrogen-bond acceptors (Lipinski definition) is 5. The molecule has 1 aliphatic rings. The molecule has 1 aliphatic heterocycles. The molecule has 5 nitrogen and oxygen atoms in total. The summed E-state index contributed by atoms with van der Waals surface area (Å²) in [5.74, 6) is 2.36. The fourth-order valence-electron chi connectivity index (χ4n) is 1.60. The molecule has 0 radical (unpaired) electrons. The lowest BCUT2D eigenvalue weighted by molar-refractivity contribution is 0.261. The minimum Gasteiger partial charge on any atom is -0.492 e. The van der Waals surface area contributed by atoms with Crippen molar-refractivity contribution in [3.63, 3.8) is 0 Å². The van der Waals surface area contributed by atoms with Crippen LogP contribution in [-0.2, 0) is 0 Å². The van der Waals surface area contributed by atoms with Gasteiger partial charge >= 0.3 is 0 Å². The maximum atomic E-state index is 11.5. The minimum atomic E-state index is -0.271. The van der Waals surface area contributed by atoms with Crippen LogP contribution in [0.15, 0.2) is 4.79 Å². The van der Waals surface area contributed by atoms with E-state index in [4.69, 9.17) is 0 Å². The number of H-pyrrole nitrogens is 1. The summed E-state index contributed by atoms with van der Waals surface area (Å²) in [7, 11) is 2.00. The van der Waals surface area contributed by atoms with Crippen molar-refractivity contribution < 1.29 is 5.11 Å². The number of aromatic amines is 1. The highest BCUT2D eigenvalue weighted by Gasteiger charge is 2.24. The van der Waals surface area contributed by atoms with Gasteiger partial charge in [-0.1, -0.05) is 0 Å². The Morgan fingerprint density at radius 2 is 2.44 bits per heavy atom. The summed E-state index contributed by atoms with van der Waals surface area (Å²) >= 11 is 3.62. The van der Waals surface area contributed by atoms with Gasteiger partial charge in [0.1, 0.15) is 9.39 Å². The quantitative estimate of drug-likeness (QED) is 0.731. The molecule has 2 N–H and O–H groups in total. The first-order valence-electron chi connectivity index (χ1n) is 4.86. The highest BCUT2D eigenvalue weighted by atomic mass is 127. The van der Waals surface area contributed by atoms with Crippen molar-refractivity contribution in [1.29, 1.82) is 0 Å². The average molecular weight is 353 g/mol. The van der Waals surface area contributed by atoms with E-state index in [1.54, 1.807) is 22.6 Å². The molecule has 16 heavy (non-hydrogen) atoms. The van der Waals surface area contributed by atoms with Crippen LogP contribution in [0.25, 0.3) is 0 Å². The van der Waals surface area contributed by atoms with Gasteiger partial charge < -0.3 is 10.1 Å². The summed E-state index contributed by atoms with van der Waals surface area (Å²) < 4.78 is 0.243. The van der Waals surface area contributed by atoms with Crippen molar-refractivity contribution in [3.05, 3.63) is 19.7 Å². The molecule has 1 saturated heterocycles. The summed E-state index contributed by atoms with van der Waals surface area (Å²) in [4.78, 5) is 20.4. The van der Waals surface area contributed by atoms with Gasteiger partial charge in [0, 0.05) is 18.1 Å². The van der Waals surface area contributed by atoms with Crippen LogP contribution in [0.4, 0.5) is 0 Å². The highest BCUT2D eigenvalue weighted by Crippen LogP contribution is 2.26. The van der Waals surface area contributed by atoms with E-state index in [1.807, 2.05) is 18.8 Å². The first-order chi connectivity index (χ1) is 7.59. The Labute approximate surface area is 111 Å². The van der Waals surface area contributed by atoms with E-state index in [0.29, 0.717) is 5.82 Å². The predicted molar refractivity (Wildman–Crippen MR) is 71.9 cm³/mol. The summed E-state index contributed by atoms with van der Waals surface area (Å²) in [6.45, 7) is 0.964. The largest absolute Gasteiger partial charge is 0.492 e. The second-order valence-electron chi connectivity index (χ2n) is 3.66. The van der Waals surface area contributed by atoms with Gasteiger partial charge in [-0.25, -0.2) is 0 Å². The van der Waals surface area contributed by atoms with E-state index >= 15 is 0 Å². The standard InChI is InChI=1S/C9H12IN3O2S/c1-13-2-3-16-4-5(13)7-11-8(14)6(10)9(15)12-7/h5H,2-4H2,1H3,(H2,11,12,14,15). The van der Waals surface area contributed by atoms with E-state index in [2.05, 4.69) is 14.9 Å². The second kappa shape index (κ2) is 4.92. The number of halogens is 1. The molecule has 0 aliphatic carbocycles. The fourth-order valence-corrected chi connectivity index (χ4v) is 3.07. The molecule has 88 valence electrons.